The predicted molar refractivity (Wildman–Crippen MR) is 81.7 cm³/mol. The van der Waals surface area contributed by atoms with Gasteiger partial charge in [-0.25, -0.2) is 0 Å². The number of amides is 2. The Morgan fingerprint density at radius 1 is 1.36 bits per heavy atom. The smallest absolute Gasteiger partial charge is 0.258 e. The van der Waals surface area contributed by atoms with E-state index in [0.717, 1.165) is 12.8 Å². The number of carbonyl (C=O) groups excluding carboxylic acids is 2. The molecule has 4 N–H and O–H groups in total. The van der Waals surface area contributed by atoms with Gasteiger partial charge in [-0.15, -0.1) is 0 Å². The van der Waals surface area contributed by atoms with E-state index < -0.39 is 0 Å². The van der Waals surface area contributed by atoms with Crippen LogP contribution >= 0.6 is 0 Å². The molecule has 2 amide bonds. The Labute approximate surface area is 129 Å². The molecule has 0 aliphatic heterocycles. The van der Waals surface area contributed by atoms with Gasteiger partial charge in [0.1, 0.15) is 5.75 Å². The summed E-state index contributed by atoms with van der Waals surface area (Å²) in [7, 11) is 1.56. The summed E-state index contributed by atoms with van der Waals surface area (Å²) in [6.07, 6.45) is 2.06. The Kier molecular flexibility index (Phi) is 5.60. The zero-order chi connectivity index (χ0) is 15.9. The van der Waals surface area contributed by atoms with Gasteiger partial charge in [0.2, 0.25) is 0 Å². The van der Waals surface area contributed by atoms with Crippen LogP contribution in [0.1, 0.15) is 23.2 Å². The molecule has 1 fully saturated rings. The Balaban J connectivity index is 1.83. The van der Waals surface area contributed by atoms with Crippen molar-refractivity contribution >= 4 is 17.5 Å². The van der Waals surface area contributed by atoms with Crippen molar-refractivity contribution in [2.24, 2.45) is 0 Å². The Hall–Kier alpha value is -2.28. The summed E-state index contributed by atoms with van der Waals surface area (Å²) >= 11 is 0. The number of nitrogens with one attached hydrogen (secondary N) is 2. The summed E-state index contributed by atoms with van der Waals surface area (Å²) in [5.41, 5.74) is 6.67. The average Bonchev–Trinajstić information content (AvgIpc) is 3.30. The highest BCUT2D eigenvalue weighted by Crippen LogP contribution is 2.24. The van der Waals surface area contributed by atoms with Crippen LogP contribution in [0.15, 0.2) is 18.2 Å². The zero-order valence-corrected chi connectivity index (χ0v) is 12.6. The third-order valence-corrected chi connectivity index (χ3v) is 3.17. The highest BCUT2D eigenvalue weighted by atomic mass is 16.5. The minimum atomic E-state index is -0.257. The first kappa shape index (κ1) is 16.1. The lowest BCUT2D eigenvalue weighted by Gasteiger charge is -2.11. The van der Waals surface area contributed by atoms with Gasteiger partial charge in [0.15, 0.2) is 6.61 Å². The number of rotatable bonds is 8. The molecular weight excluding hydrogens is 286 g/mol. The lowest BCUT2D eigenvalue weighted by Crippen LogP contribution is -2.31. The molecule has 0 saturated heterocycles. The molecule has 0 bridgehead atoms. The number of benzene rings is 1. The third kappa shape index (κ3) is 4.92. The minimum Gasteiger partial charge on any atom is -0.482 e. The van der Waals surface area contributed by atoms with E-state index in [-0.39, 0.29) is 18.4 Å². The van der Waals surface area contributed by atoms with E-state index >= 15 is 0 Å². The number of methoxy groups -OCH3 is 1. The lowest BCUT2D eigenvalue weighted by molar-refractivity contribution is -0.123. The maximum atomic E-state index is 11.9. The molecule has 7 nitrogen and oxygen atoms in total. The van der Waals surface area contributed by atoms with Gasteiger partial charge in [-0.2, -0.15) is 0 Å². The number of hydrogen-bond acceptors (Lipinski definition) is 5. The fourth-order valence-electron chi connectivity index (χ4n) is 1.80. The molecule has 1 saturated carbocycles. The van der Waals surface area contributed by atoms with Crippen molar-refractivity contribution in [2.45, 2.75) is 18.9 Å². The lowest BCUT2D eigenvalue weighted by atomic mass is 10.1. The van der Waals surface area contributed by atoms with Gasteiger partial charge in [-0.05, 0) is 31.0 Å². The van der Waals surface area contributed by atoms with Crippen molar-refractivity contribution in [3.8, 4) is 5.75 Å². The molecule has 7 heteroatoms. The largest absolute Gasteiger partial charge is 0.482 e. The quantitative estimate of drug-likeness (QED) is 0.473. The van der Waals surface area contributed by atoms with E-state index in [9.17, 15) is 9.59 Å². The highest BCUT2D eigenvalue weighted by molar-refractivity contribution is 5.95. The molecule has 0 radical (unpaired) electrons. The van der Waals surface area contributed by atoms with Gasteiger partial charge in [0.05, 0.1) is 12.3 Å². The molecule has 0 atom stereocenters. The highest BCUT2D eigenvalue weighted by Gasteiger charge is 2.24. The number of nitrogens with two attached hydrogens (primary N) is 1. The van der Waals surface area contributed by atoms with Gasteiger partial charge in [0, 0.05) is 25.3 Å². The zero-order valence-electron chi connectivity index (χ0n) is 12.6. The van der Waals surface area contributed by atoms with Crippen LogP contribution in [-0.2, 0) is 9.53 Å². The first-order valence-corrected chi connectivity index (χ1v) is 7.19. The van der Waals surface area contributed by atoms with Gasteiger partial charge in [-0.3, -0.25) is 9.59 Å². The second-order valence-corrected chi connectivity index (χ2v) is 5.13. The summed E-state index contributed by atoms with van der Waals surface area (Å²) in [4.78, 5) is 23.4. The molecular formula is C15H21N3O4. The van der Waals surface area contributed by atoms with Crippen molar-refractivity contribution in [1.29, 1.82) is 0 Å². The van der Waals surface area contributed by atoms with Crippen LogP contribution in [0.2, 0.25) is 0 Å². The van der Waals surface area contributed by atoms with Crippen molar-refractivity contribution in [3.63, 3.8) is 0 Å². The molecule has 120 valence electrons. The SMILES string of the molecule is COCCNC(=O)COc1ccc(C(=O)NC2CC2)cc1N. The second-order valence-electron chi connectivity index (χ2n) is 5.13. The van der Waals surface area contributed by atoms with Gasteiger partial charge >= 0.3 is 0 Å². The van der Waals surface area contributed by atoms with Crippen molar-refractivity contribution < 1.29 is 19.1 Å². The first-order chi connectivity index (χ1) is 10.6. The summed E-state index contributed by atoms with van der Waals surface area (Å²) < 4.78 is 10.2. The Bertz CT molecular complexity index is 544. The third-order valence-electron chi connectivity index (χ3n) is 3.17. The van der Waals surface area contributed by atoms with Crippen LogP contribution < -0.4 is 21.1 Å². The number of carbonyl (C=O) groups is 2. The van der Waals surface area contributed by atoms with Crippen LogP contribution in [0.4, 0.5) is 5.69 Å². The number of hydrogen-bond donors (Lipinski definition) is 3. The van der Waals surface area contributed by atoms with E-state index in [1.165, 1.54) is 0 Å². The summed E-state index contributed by atoms with van der Waals surface area (Å²) in [5, 5.41) is 5.52. The van der Waals surface area contributed by atoms with Crippen LogP contribution in [0.5, 0.6) is 5.75 Å². The molecule has 0 spiro atoms. The molecule has 1 aliphatic rings. The molecule has 22 heavy (non-hydrogen) atoms. The predicted octanol–water partition coefficient (Wildman–Crippen LogP) is 0.302. The fourth-order valence-corrected chi connectivity index (χ4v) is 1.80. The van der Waals surface area contributed by atoms with E-state index in [4.69, 9.17) is 15.2 Å². The number of ether oxygens (including phenoxy) is 2. The van der Waals surface area contributed by atoms with Gasteiger partial charge < -0.3 is 25.8 Å². The molecule has 2 rings (SSSR count). The number of anilines is 1. The van der Waals surface area contributed by atoms with E-state index in [1.54, 1.807) is 25.3 Å². The standard InChI is InChI=1S/C15H21N3O4/c1-21-7-6-17-14(19)9-22-13-5-2-10(8-12(13)16)15(20)18-11-3-4-11/h2,5,8,11H,3-4,6-7,9,16H2,1H3,(H,17,19)(H,18,20). The van der Waals surface area contributed by atoms with Crippen molar-refractivity contribution in [2.75, 3.05) is 32.6 Å². The summed E-state index contributed by atoms with van der Waals surface area (Å²) in [6.45, 7) is 0.731. The maximum absolute atomic E-state index is 11.9. The fraction of sp³-hybridized carbons (Fsp3) is 0.467. The first-order valence-electron chi connectivity index (χ1n) is 7.19. The molecule has 0 unspecified atom stereocenters. The summed E-state index contributed by atoms with van der Waals surface area (Å²) in [6, 6.07) is 5.07. The Morgan fingerprint density at radius 3 is 2.77 bits per heavy atom. The van der Waals surface area contributed by atoms with Gasteiger partial charge in [-0.1, -0.05) is 0 Å². The molecule has 0 heterocycles. The van der Waals surface area contributed by atoms with E-state index in [1.807, 2.05) is 0 Å². The van der Waals surface area contributed by atoms with Crippen molar-refractivity contribution in [3.05, 3.63) is 23.8 Å². The topological polar surface area (TPSA) is 103 Å². The minimum absolute atomic E-state index is 0.137. The average molecular weight is 307 g/mol. The maximum Gasteiger partial charge on any atom is 0.258 e. The van der Waals surface area contributed by atoms with Gasteiger partial charge in [0.25, 0.3) is 11.8 Å². The number of nitrogen functional groups attached to an aromatic ring is 1. The molecule has 1 aromatic rings. The van der Waals surface area contributed by atoms with Crippen LogP contribution in [0.3, 0.4) is 0 Å². The molecule has 1 aromatic carbocycles. The normalized spacial score (nSPS) is 13.5. The molecule has 1 aliphatic carbocycles. The van der Waals surface area contributed by atoms with Crippen LogP contribution in [0.25, 0.3) is 0 Å². The van der Waals surface area contributed by atoms with Crippen LogP contribution in [-0.4, -0.2) is 44.7 Å². The van der Waals surface area contributed by atoms with Crippen LogP contribution in [0, 0.1) is 0 Å². The van der Waals surface area contributed by atoms with E-state index in [0.29, 0.717) is 36.2 Å². The monoisotopic (exact) mass is 307 g/mol. The Morgan fingerprint density at radius 2 is 2.14 bits per heavy atom. The van der Waals surface area contributed by atoms with Crippen molar-refractivity contribution in [1.82, 2.24) is 10.6 Å². The molecule has 0 aromatic heterocycles. The van der Waals surface area contributed by atoms with E-state index in [2.05, 4.69) is 10.6 Å². The summed E-state index contributed by atoms with van der Waals surface area (Å²) in [5.74, 6) is -0.0186. The second kappa shape index (κ2) is 7.65.